The molecule has 1 aliphatic heterocycles. The minimum Gasteiger partial charge on any atom is -0.497 e. The fraction of sp³-hybridized carbons (Fsp3) is 0.588. The molecule has 1 amide bonds. The van der Waals surface area contributed by atoms with Crippen LogP contribution in [-0.4, -0.2) is 70.5 Å². The third kappa shape index (κ3) is 7.26. The number of amides is 1. The van der Waals surface area contributed by atoms with Gasteiger partial charge in [0.15, 0.2) is 0 Å². The van der Waals surface area contributed by atoms with Crippen LogP contribution in [-0.2, 0) is 14.3 Å². The zero-order valence-corrected chi connectivity index (χ0v) is 16.8. The van der Waals surface area contributed by atoms with Gasteiger partial charge in [-0.15, -0.1) is 24.8 Å². The molecule has 0 bridgehead atoms. The molecule has 3 N–H and O–H groups in total. The van der Waals surface area contributed by atoms with Crippen LogP contribution in [0.15, 0.2) is 24.3 Å². The third-order valence-corrected chi connectivity index (χ3v) is 4.14. The van der Waals surface area contributed by atoms with Crippen LogP contribution < -0.4 is 15.8 Å². The number of nitrogens with one attached hydrogen (secondary N) is 1. The number of carbonyl (C=O) groups is 1. The molecule has 150 valence electrons. The number of benzene rings is 1. The summed E-state index contributed by atoms with van der Waals surface area (Å²) in [6.07, 6.45) is 0. The van der Waals surface area contributed by atoms with Crippen molar-refractivity contribution in [3.63, 3.8) is 0 Å². The van der Waals surface area contributed by atoms with Gasteiger partial charge in [-0.2, -0.15) is 0 Å². The number of nitrogens with two attached hydrogens (primary N) is 1. The molecule has 0 saturated carbocycles. The zero-order valence-electron chi connectivity index (χ0n) is 15.2. The molecule has 0 radical (unpaired) electrons. The van der Waals surface area contributed by atoms with Gasteiger partial charge in [-0.1, -0.05) is 12.1 Å². The first kappa shape index (κ1) is 24.9. The van der Waals surface area contributed by atoms with Crippen LogP contribution in [0.25, 0.3) is 0 Å². The van der Waals surface area contributed by atoms with Gasteiger partial charge < -0.3 is 25.3 Å². The zero-order chi connectivity index (χ0) is 17.4. The number of halogens is 2. The van der Waals surface area contributed by atoms with Crippen molar-refractivity contribution < 1.29 is 19.0 Å². The summed E-state index contributed by atoms with van der Waals surface area (Å²) < 4.78 is 15.6. The summed E-state index contributed by atoms with van der Waals surface area (Å²) in [6, 6.07) is 7.33. The summed E-state index contributed by atoms with van der Waals surface area (Å²) in [4.78, 5) is 14.4. The largest absolute Gasteiger partial charge is 0.497 e. The number of methoxy groups -OCH3 is 2. The van der Waals surface area contributed by atoms with Crippen LogP contribution >= 0.6 is 24.8 Å². The van der Waals surface area contributed by atoms with E-state index in [1.165, 1.54) is 7.11 Å². The van der Waals surface area contributed by atoms with Crippen LogP contribution in [0.4, 0.5) is 0 Å². The molecular formula is C17H29Cl2N3O4. The lowest BCUT2D eigenvalue weighted by Crippen LogP contribution is -2.48. The second-order valence-corrected chi connectivity index (χ2v) is 5.74. The molecule has 1 aromatic rings. The summed E-state index contributed by atoms with van der Waals surface area (Å²) in [7, 11) is 3.17. The predicted molar refractivity (Wildman–Crippen MR) is 105 cm³/mol. The van der Waals surface area contributed by atoms with E-state index in [9.17, 15) is 4.79 Å². The maximum atomic E-state index is 12.1. The van der Waals surface area contributed by atoms with Gasteiger partial charge in [0.05, 0.1) is 33.0 Å². The second-order valence-electron chi connectivity index (χ2n) is 5.74. The quantitative estimate of drug-likeness (QED) is 0.665. The lowest BCUT2D eigenvalue weighted by Gasteiger charge is -2.35. The number of ether oxygens (including phenoxy) is 3. The van der Waals surface area contributed by atoms with E-state index in [4.69, 9.17) is 19.9 Å². The van der Waals surface area contributed by atoms with E-state index in [1.54, 1.807) is 7.11 Å². The van der Waals surface area contributed by atoms with Gasteiger partial charge in [-0.3, -0.25) is 9.69 Å². The number of hydrogen-bond donors (Lipinski definition) is 2. The van der Waals surface area contributed by atoms with Crippen molar-refractivity contribution in [1.82, 2.24) is 10.2 Å². The first-order valence-corrected chi connectivity index (χ1v) is 8.13. The topological polar surface area (TPSA) is 86.0 Å². The van der Waals surface area contributed by atoms with Crippen LogP contribution in [0.2, 0.25) is 0 Å². The maximum absolute atomic E-state index is 12.1. The van der Waals surface area contributed by atoms with Gasteiger partial charge in [0.1, 0.15) is 11.8 Å². The highest BCUT2D eigenvalue weighted by Gasteiger charge is 2.24. The molecule has 26 heavy (non-hydrogen) atoms. The van der Waals surface area contributed by atoms with E-state index in [0.29, 0.717) is 19.8 Å². The summed E-state index contributed by atoms with van der Waals surface area (Å²) in [5.41, 5.74) is 6.91. The molecule has 2 unspecified atom stereocenters. The van der Waals surface area contributed by atoms with E-state index in [1.807, 2.05) is 24.3 Å². The Kier molecular flexibility index (Phi) is 12.6. The molecule has 0 spiro atoms. The molecular weight excluding hydrogens is 381 g/mol. The van der Waals surface area contributed by atoms with Crippen LogP contribution in [0.1, 0.15) is 11.6 Å². The minimum atomic E-state index is -0.656. The van der Waals surface area contributed by atoms with Crippen LogP contribution in [0.3, 0.4) is 0 Å². The highest BCUT2D eigenvalue weighted by Crippen LogP contribution is 2.23. The van der Waals surface area contributed by atoms with Crippen molar-refractivity contribution >= 4 is 30.7 Å². The summed E-state index contributed by atoms with van der Waals surface area (Å²) in [5, 5.41) is 2.93. The van der Waals surface area contributed by atoms with Crippen molar-refractivity contribution in [1.29, 1.82) is 0 Å². The van der Waals surface area contributed by atoms with Crippen molar-refractivity contribution in [3.8, 4) is 5.75 Å². The van der Waals surface area contributed by atoms with Gasteiger partial charge in [-0.05, 0) is 17.7 Å². The van der Waals surface area contributed by atoms with Gasteiger partial charge in [0, 0.05) is 26.7 Å². The Hall–Kier alpha value is -1.09. The molecule has 2 atom stereocenters. The average Bonchev–Trinajstić information content (AvgIpc) is 2.63. The van der Waals surface area contributed by atoms with Gasteiger partial charge in [0.2, 0.25) is 5.91 Å². The van der Waals surface area contributed by atoms with Gasteiger partial charge in [0.25, 0.3) is 0 Å². The fourth-order valence-electron chi connectivity index (χ4n) is 2.76. The molecule has 1 saturated heterocycles. The van der Waals surface area contributed by atoms with E-state index in [2.05, 4.69) is 10.2 Å². The molecule has 0 aromatic heterocycles. The lowest BCUT2D eigenvalue weighted by molar-refractivity contribution is -0.123. The monoisotopic (exact) mass is 409 g/mol. The van der Waals surface area contributed by atoms with Crippen molar-refractivity contribution in [2.24, 2.45) is 5.73 Å². The van der Waals surface area contributed by atoms with E-state index in [0.717, 1.165) is 24.4 Å². The normalized spacial score (nSPS) is 16.6. The number of rotatable bonds is 8. The summed E-state index contributed by atoms with van der Waals surface area (Å²) in [6.45, 7) is 3.75. The van der Waals surface area contributed by atoms with Gasteiger partial charge in [-0.25, -0.2) is 0 Å². The smallest absolute Gasteiger partial charge is 0.239 e. The number of hydrogen-bond acceptors (Lipinski definition) is 6. The van der Waals surface area contributed by atoms with Gasteiger partial charge >= 0.3 is 0 Å². The fourth-order valence-corrected chi connectivity index (χ4v) is 2.76. The second kappa shape index (κ2) is 13.1. The van der Waals surface area contributed by atoms with Crippen LogP contribution in [0, 0.1) is 0 Å². The minimum absolute atomic E-state index is 0. The van der Waals surface area contributed by atoms with Crippen LogP contribution in [0.5, 0.6) is 5.75 Å². The Balaban J connectivity index is 0.00000312. The van der Waals surface area contributed by atoms with Crippen molar-refractivity contribution in [2.45, 2.75) is 12.1 Å². The third-order valence-electron chi connectivity index (χ3n) is 4.14. The molecule has 2 rings (SSSR count). The summed E-state index contributed by atoms with van der Waals surface area (Å²) >= 11 is 0. The molecule has 1 heterocycles. The average molecular weight is 410 g/mol. The molecule has 9 heteroatoms. The number of carbonyl (C=O) groups excluding carboxylic acids is 1. The summed E-state index contributed by atoms with van der Waals surface area (Å²) in [5.74, 6) is 0.606. The van der Waals surface area contributed by atoms with E-state index < -0.39 is 6.04 Å². The predicted octanol–water partition coefficient (Wildman–Crippen LogP) is 1.00. The Morgan fingerprint density at radius 3 is 2.38 bits per heavy atom. The molecule has 1 aliphatic rings. The molecule has 1 aromatic carbocycles. The first-order valence-electron chi connectivity index (χ1n) is 8.13. The lowest BCUT2D eigenvalue weighted by atomic mass is 10.0. The number of morpholine rings is 1. The van der Waals surface area contributed by atoms with Crippen molar-refractivity contribution in [3.05, 3.63) is 29.8 Å². The Morgan fingerprint density at radius 2 is 1.85 bits per heavy atom. The Morgan fingerprint density at radius 1 is 1.23 bits per heavy atom. The molecule has 0 aliphatic carbocycles. The first-order chi connectivity index (χ1) is 11.7. The highest BCUT2D eigenvalue weighted by atomic mass is 35.5. The SMILES string of the molecule is COCC(N)C(=O)NCC(c1ccc(OC)cc1)N1CCOCC1.Cl.Cl. The van der Waals surface area contributed by atoms with Crippen molar-refractivity contribution in [2.75, 3.05) is 53.7 Å². The van der Waals surface area contributed by atoms with E-state index >= 15 is 0 Å². The maximum Gasteiger partial charge on any atom is 0.239 e. The molecule has 7 nitrogen and oxygen atoms in total. The molecule has 1 fully saturated rings. The standard InChI is InChI=1S/C17H27N3O4.2ClH/c1-22-12-15(18)17(21)19-11-16(20-7-9-24-10-8-20)13-3-5-14(23-2)6-4-13;;/h3-6,15-16H,7-12,18H2,1-2H3,(H,19,21);2*1H. The highest BCUT2D eigenvalue weighted by molar-refractivity contribution is 5.85. The van der Waals surface area contributed by atoms with E-state index in [-0.39, 0.29) is 43.4 Å². The Labute approximate surface area is 167 Å². The number of nitrogens with zero attached hydrogens (tertiary/aromatic N) is 1. The Bertz CT molecular complexity index is 513.